The quantitative estimate of drug-likeness (QED) is 0.327. The minimum absolute atomic E-state index is 0. The van der Waals surface area contributed by atoms with Gasteiger partial charge >= 0.3 is 6.72 Å². The fourth-order valence-electron chi connectivity index (χ4n) is 0.469. The van der Waals surface area contributed by atoms with Crippen LogP contribution in [-0.2, 0) is 20.9 Å². The Balaban J connectivity index is -0.000000202. The van der Waals surface area contributed by atoms with Crippen molar-refractivity contribution in [2.24, 2.45) is 11.5 Å². The van der Waals surface area contributed by atoms with E-state index in [1.54, 1.807) is 0 Å². The second-order valence-corrected chi connectivity index (χ2v) is 4.90. The molecule has 0 aliphatic carbocycles. The normalized spacial score (nSPS) is 12.7. The van der Waals surface area contributed by atoms with Gasteiger partial charge in [0.15, 0.2) is 0 Å². The second kappa shape index (κ2) is 14.3. The average Bonchev–Trinajstić information content (AvgIpc) is 2.01. The molecular weight excluding hydrogens is 247 g/mol. The van der Waals surface area contributed by atoms with Crippen molar-refractivity contribution in [2.45, 2.75) is 6.42 Å². The van der Waals surface area contributed by atoms with Crippen LogP contribution in [0.15, 0.2) is 0 Å². The molecule has 10 heteroatoms. The molecule has 1 atom stereocenters. The highest BCUT2D eigenvalue weighted by molar-refractivity contribution is 8.07. The highest BCUT2D eigenvalue weighted by Crippen LogP contribution is 2.43. The maximum Gasteiger partial charge on any atom is 0.324 e. The van der Waals surface area contributed by atoms with Gasteiger partial charge in [-0.15, -0.1) is 0 Å². The van der Waals surface area contributed by atoms with E-state index < -0.39 is 6.72 Å². The molecule has 0 aromatic rings. The Kier molecular flexibility index (Phi) is 23.4. The Labute approximate surface area is 93.7 Å². The van der Waals surface area contributed by atoms with Crippen molar-refractivity contribution in [1.82, 2.24) is 0 Å². The first-order valence-electron chi connectivity index (χ1n) is 3.64. The molecule has 0 heterocycles. The third kappa shape index (κ3) is 17.0. The summed E-state index contributed by atoms with van der Waals surface area (Å²) in [5.41, 5.74) is 10.4. The maximum absolute atomic E-state index is 9.26. The molecule has 0 aliphatic heterocycles. The Morgan fingerprint density at radius 2 is 1.47 bits per heavy atom. The van der Waals surface area contributed by atoms with Gasteiger partial charge in [-0.05, 0) is 24.8 Å². The molecule has 0 aliphatic rings. The van der Waals surface area contributed by atoms with Crippen LogP contribution in [0.1, 0.15) is 6.42 Å². The third-order valence-electron chi connectivity index (χ3n) is 0.975. The summed E-state index contributed by atoms with van der Waals surface area (Å²) >= 11 is 4.65. The lowest BCUT2D eigenvalue weighted by Gasteiger charge is -2.14. The zero-order valence-corrected chi connectivity index (χ0v) is 10.0. The van der Waals surface area contributed by atoms with Gasteiger partial charge < -0.3 is 41.8 Å². The van der Waals surface area contributed by atoms with Crippen molar-refractivity contribution >= 4 is 18.5 Å². The van der Waals surface area contributed by atoms with E-state index >= 15 is 0 Å². The summed E-state index contributed by atoms with van der Waals surface area (Å²) in [6.45, 7) is -1.67. The van der Waals surface area contributed by atoms with Gasteiger partial charge in [-0.3, -0.25) is 0 Å². The molecule has 0 saturated heterocycles. The number of hydrogen-bond acceptors (Lipinski definition) is 5. The number of nitrogens with two attached hydrogens (primary N) is 2. The van der Waals surface area contributed by atoms with Crippen LogP contribution in [0, 0.1) is 0 Å². The van der Waals surface area contributed by atoms with Gasteiger partial charge in [0.05, 0.1) is 13.2 Å². The van der Waals surface area contributed by atoms with Crippen molar-refractivity contribution in [3.63, 3.8) is 0 Å². The Hall–Kier alpha value is 0.330. The van der Waals surface area contributed by atoms with Crippen LogP contribution in [-0.4, -0.2) is 47.6 Å². The second-order valence-electron chi connectivity index (χ2n) is 2.07. The maximum atomic E-state index is 9.26. The molecular formula is C5H21N2O6PS. The van der Waals surface area contributed by atoms with Crippen molar-refractivity contribution in [2.75, 3.05) is 26.3 Å². The van der Waals surface area contributed by atoms with Gasteiger partial charge in [0.1, 0.15) is 0 Å². The highest BCUT2D eigenvalue weighted by atomic mass is 32.5. The van der Waals surface area contributed by atoms with Gasteiger partial charge in [-0.1, -0.05) is 0 Å². The highest BCUT2D eigenvalue weighted by Gasteiger charge is 2.13. The zero-order valence-electron chi connectivity index (χ0n) is 8.31. The van der Waals surface area contributed by atoms with Gasteiger partial charge in [-0.2, -0.15) is 0 Å². The van der Waals surface area contributed by atoms with E-state index in [9.17, 15) is 4.89 Å². The molecule has 1 unspecified atom stereocenters. The van der Waals surface area contributed by atoms with Crippen molar-refractivity contribution < 1.29 is 30.4 Å². The van der Waals surface area contributed by atoms with E-state index in [1.807, 2.05) is 0 Å². The molecule has 98 valence electrons. The molecule has 0 aromatic heterocycles. The summed E-state index contributed by atoms with van der Waals surface area (Å²) in [4.78, 5) is 9.26. The van der Waals surface area contributed by atoms with Crippen molar-refractivity contribution in [1.29, 1.82) is 0 Å². The van der Waals surface area contributed by atoms with Gasteiger partial charge in [0, 0.05) is 6.54 Å². The standard InChI is InChI=1S/C5H15N2O3PS.3H2O/c6-2-1-4-9-11(8,12)10-5-3-7;;;/h1-7H2,(H,8,12);3*1H2. The largest absolute Gasteiger partial charge is 0.412 e. The monoisotopic (exact) mass is 268 g/mol. The smallest absolute Gasteiger partial charge is 0.324 e. The van der Waals surface area contributed by atoms with Crippen LogP contribution >= 0.6 is 6.72 Å². The molecule has 0 bridgehead atoms. The lowest BCUT2D eigenvalue weighted by atomic mass is 10.5. The summed E-state index contributed by atoms with van der Waals surface area (Å²) in [6.07, 6.45) is 0.658. The van der Waals surface area contributed by atoms with Crippen LogP contribution in [0.4, 0.5) is 0 Å². The van der Waals surface area contributed by atoms with Crippen molar-refractivity contribution in [3.8, 4) is 0 Å². The molecule has 11 N–H and O–H groups in total. The average molecular weight is 268 g/mol. The lowest BCUT2D eigenvalue weighted by molar-refractivity contribution is 0.200. The van der Waals surface area contributed by atoms with E-state index in [-0.39, 0.29) is 23.0 Å². The summed E-state index contributed by atoms with van der Waals surface area (Å²) in [5.74, 6) is 0. The molecule has 0 fully saturated rings. The van der Waals surface area contributed by atoms with Crippen LogP contribution < -0.4 is 11.5 Å². The lowest BCUT2D eigenvalue weighted by Crippen LogP contribution is -2.09. The van der Waals surface area contributed by atoms with Crippen molar-refractivity contribution in [3.05, 3.63) is 0 Å². The van der Waals surface area contributed by atoms with E-state index in [1.165, 1.54) is 0 Å². The molecule has 0 aromatic carbocycles. The fourth-order valence-corrected chi connectivity index (χ4v) is 1.69. The predicted octanol–water partition coefficient (Wildman–Crippen LogP) is -2.93. The molecule has 15 heavy (non-hydrogen) atoms. The molecule has 8 nitrogen and oxygen atoms in total. The van der Waals surface area contributed by atoms with Gasteiger partial charge in [0.25, 0.3) is 0 Å². The SMILES string of the molecule is NCCCOP(O)(=S)OCCN.O.O.O. The van der Waals surface area contributed by atoms with Crippen LogP contribution in [0.2, 0.25) is 0 Å². The topological polar surface area (TPSA) is 185 Å². The summed E-state index contributed by atoms with van der Waals surface area (Å²) < 4.78 is 9.71. The Morgan fingerprint density at radius 3 is 1.87 bits per heavy atom. The van der Waals surface area contributed by atoms with Crippen LogP contribution in [0.5, 0.6) is 0 Å². The van der Waals surface area contributed by atoms with E-state index in [0.29, 0.717) is 26.1 Å². The van der Waals surface area contributed by atoms with E-state index in [2.05, 4.69) is 11.8 Å². The first kappa shape index (κ1) is 24.5. The zero-order chi connectivity index (χ0) is 9.45. The number of rotatable bonds is 7. The minimum Gasteiger partial charge on any atom is -0.412 e. The number of hydrogen-bond donors (Lipinski definition) is 3. The first-order valence-corrected chi connectivity index (χ1v) is 6.23. The van der Waals surface area contributed by atoms with Gasteiger partial charge in [0.2, 0.25) is 0 Å². The third-order valence-corrected chi connectivity index (χ3v) is 2.63. The van der Waals surface area contributed by atoms with E-state index in [4.69, 9.17) is 20.5 Å². The van der Waals surface area contributed by atoms with Gasteiger partial charge in [-0.25, -0.2) is 0 Å². The summed E-state index contributed by atoms with van der Waals surface area (Å²) in [7, 11) is 0. The van der Waals surface area contributed by atoms with Crippen LogP contribution in [0.25, 0.3) is 0 Å². The first-order chi connectivity index (χ1) is 5.62. The minimum atomic E-state index is -3.04. The summed E-state index contributed by atoms with van der Waals surface area (Å²) in [6, 6.07) is 0. The molecule has 0 radical (unpaired) electrons. The molecule has 0 amide bonds. The summed E-state index contributed by atoms with van der Waals surface area (Å²) in [5, 5.41) is 0. The molecule has 0 rings (SSSR count). The Morgan fingerprint density at radius 1 is 1.00 bits per heavy atom. The molecule has 0 saturated carbocycles. The van der Waals surface area contributed by atoms with Crippen LogP contribution in [0.3, 0.4) is 0 Å². The fraction of sp³-hybridized carbons (Fsp3) is 1.00. The molecule has 0 spiro atoms. The van der Waals surface area contributed by atoms with E-state index in [0.717, 1.165) is 0 Å². The predicted molar refractivity (Wildman–Crippen MR) is 62.0 cm³/mol. The Bertz CT molecular complexity index is 162.